The first-order valence-electron chi connectivity index (χ1n) is 12.3. The summed E-state index contributed by atoms with van der Waals surface area (Å²) in [5.41, 5.74) is -1.09. The fourth-order valence-corrected chi connectivity index (χ4v) is 7.03. The maximum absolute atomic E-state index is 14.2. The van der Waals surface area contributed by atoms with E-state index in [2.05, 4.69) is 0 Å². The van der Waals surface area contributed by atoms with Gasteiger partial charge in [-0.05, 0) is 66.9 Å². The van der Waals surface area contributed by atoms with Gasteiger partial charge in [-0.1, -0.05) is 36.8 Å². The van der Waals surface area contributed by atoms with Gasteiger partial charge in [-0.3, -0.25) is 9.36 Å². The molecule has 10 heteroatoms. The van der Waals surface area contributed by atoms with Gasteiger partial charge in [0, 0.05) is 6.16 Å². The van der Waals surface area contributed by atoms with E-state index in [0.717, 1.165) is 10.5 Å². The van der Waals surface area contributed by atoms with Crippen molar-refractivity contribution in [2.75, 3.05) is 19.3 Å². The van der Waals surface area contributed by atoms with Crippen LogP contribution in [0.25, 0.3) is 0 Å². The van der Waals surface area contributed by atoms with Gasteiger partial charge in [0.15, 0.2) is 5.16 Å². The van der Waals surface area contributed by atoms with Crippen molar-refractivity contribution in [1.29, 1.82) is 0 Å². The van der Waals surface area contributed by atoms with Crippen LogP contribution in [0, 0.1) is 0 Å². The van der Waals surface area contributed by atoms with Crippen LogP contribution in [0.1, 0.15) is 73.3 Å². The summed E-state index contributed by atoms with van der Waals surface area (Å²) in [7, 11) is -3.70. The lowest BCUT2D eigenvalue weighted by atomic mass is 9.99. The highest BCUT2D eigenvalue weighted by molar-refractivity contribution is 7.61. The minimum Gasteiger partial charge on any atom is -0.460 e. The van der Waals surface area contributed by atoms with Crippen molar-refractivity contribution in [1.82, 2.24) is 4.90 Å². The Morgan fingerprint density at radius 1 is 0.944 bits per heavy atom. The largest absolute Gasteiger partial charge is 0.460 e. The van der Waals surface area contributed by atoms with Crippen molar-refractivity contribution in [2.24, 2.45) is 0 Å². The molecule has 2 unspecified atom stereocenters. The number of benzene rings is 1. The van der Waals surface area contributed by atoms with E-state index in [4.69, 9.17) is 18.7 Å². The molecule has 0 spiro atoms. The quantitative estimate of drug-likeness (QED) is 0.237. The van der Waals surface area contributed by atoms with Crippen LogP contribution in [0.5, 0.6) is 0 Å². The fourth-order valence-electron chi connectivity index (χ4n) is 3.97. The van der Waals surface area contributed by atoms with Crippen molar-refractivity contribution in [3.8, 4) is 0 Å². The number of amides is 2. The standard InChI is InChI=1S/C26H40NO8P/c1-8-33-36(31)17-13-12-16-26(36,21(28)32-18-20-14-10-9-11-15-20)19-27(22(29)34-24(2,3)4)23(30)35-25(5,6)7/h9-11,14-15H,8,12-13,16-19H2,1-7H3. The number of rotatable bonds is 7. The third-order valence-corrected chi connectivity index (χ3v) is 8.95. The first kappa shape index (κ1) is 29.8. The molecule has 2 amide bonds. The minimum absolute atomic E-state index is 0.0492. The molecule has 0 saturated carbocycles. The number of carbonyl (C=O) groups excluding carboxylic acids is 3. The molecule has 1 aromatic carbocycles. The number of imide groups is 1. The second-order valence-corrected chi connectivity index (χ2v) is 13.8. The van der Waals surface area contributed by atoms with Crippen LogP contribution in [0.2, 0.25) is 0 Å². The van der Waals surface area contributed by atoms with E-state index in [1.54, 1.807) is 60.6 Å². The second-order valence-electron chi connectivity index (χ2n) is 10.9. The first-order valence-corrected chi connectivity index (χ1v) is 14.1. The van der Waals surface area contributed by atoms with Crippen molar-refractivity contribution < 1.29 is 37.7 Å². The highest BCUT2D eigenvalue weighted by Gasteiger charge is 2.60. The molecule has 1 fully saturated rings. The third kappa shape index (κ3) is 7.81. The molecular formula is C26H40NO8P. The van der Waals surface area contributed by atoms with Gasteiger partial charge in [0.2, 0.25) is 7.37 Å². The number of hydrogen-bond acceptors (Lipinski definition) is 8. The zero-order chi connectivity index (χ0) is 27.2. The van der Waals surface area contributed by atoms with Crippen LogP contribution >= 0.6 is 7.37 Å². The highest BCUT2D eigenvalue weighted by Crippen LogP contribution is 2.65. The van der Waals surface area contributed by atoms with Crippen molar-refractivity contribution in [3.05, 3.63) is 35.9 Å². The van der Waals surface area contributed by atoms with Crippen molar-refractivity contribution in [3.63, 3.8) is 0 Å². The Labute approximate surface area is 214 Å². The Morgan fingerprint density at radius 3 is 2.00 bits per heavy atom. The molecule has 2 rings (SSSR count). The van der Waals surface area contributed by atoms with Gasteiger partial charge in [-0.2, -0.15) is 0 Å². The van der Waals surface area contributed by atoms with E-state index in [1.807, 2.05) is 18.2 Å². The van der Waals surface area contributed by atoms with Crippen molar-refractivity contribution in [2.45, 2.75) is 90.7 Å². The highest BCUT2D eigenvalue weighted by atomic mass is 31.2. The molecule has 1 saturated heterocycles. The average Bonchev–Trinajstić information content (AvgIpc) is 2.75. The van der Waals surface area contributed by atoms with E-state index in [1.165, 1.54) is 0 Å². The predicted molar refractivity (Wildman–Crippen MR) is 136 cm³/mol. The molecule has 36 heavy (non-hydrogen) atoms. The van der Waals surface area contributed by atoms with Crippen LogP contribution in [0.15, 0.2) is 30.3 Å². The van der Waals surface area contributed by atoms with Gasteiger partial charge in [0.1, 0.15) is 17.8 Å². The molecule has 0 bridgehead atoms. The topological polar surface area (TPSA) is 108 Å². The van der Waals surface area contributed by atoms with E-state index in [-0.39, 0.29) is 25.8 Å². The number of esters is 1. The minimum atomic E-state index is -3.70. The normalized spacial score (nSPS) is 22.4. The summed E-state index contributed by atoms with van der Waals surface area (Å²) in [6, 6.07) is 9.08. The van der Waals surface area contributed by atoms with Gasteiger partial charge in [-0.25, -0.2) is 14.5 Å². The molecule has 1 aliphatic heterocycles. The molecule has 9 nitrogen and oxygen atoms in total. The van der Waals surface area contributed by atoms with Crippen molar-refractivity contribution >= 4 is 25.5 Å². The maximum Gasteiger partial charge on any atom is 0.419 e. The molecule has 0 radical (unpaired) electrons. The summed E-state index contributed by atoms with van der Waals surface area (Å²) >= 11 is 0. The van der Waals surface area contributed by atoms with E-state index in [9.17, 15) is 18.9 Å². The Kier molecular flexibility index (Phi) is 9.77. The number of carbonyl (C=O) groups is 3. The van der Waals surface area contributed by atoms with Crippen LogP contribution in [0.3, 0.4) is 0 Å². The lowest BCUT2D eigenvalue weighted by molar-refractivity contribution is -0.149. The smallest absolute Gasteiger partial charge is 0.419 e. The molecule has 1 aromatic rings. The summed E-state index contributed by atoms with van der Waals surface area (Å²) in [5, 5.41) is -1.75. The van der Waals surface area contributed by atoms with Crippen LogP contribution in [-0.4, -0.2) is 58.7 Å². The fraction of sp³-hybridized carbons (Fsp3) is 0.654. The van der Waals surface area contributed by atoms with Gasteiger partial charge in [0.25, 0.3) is 0 Å². The predicted octanol–water partition coefficient (Wildman–Crippen LogP) is 6.14. The second kappa shape index (κ2) is 11.8. The molecular weight excluding hydrogens is 485 g/mol. The maximum atomic E-state index is 14.2. The van der Waals surface area contributed by atoms with Gasteiger partial charge < -0.3 is 18.7 Å². The molecule has 0 aliphatic carbocycles. The molecule has 0 aromatic heterocycles. The summed E-state index contributed by atoms with van der Waals surface area (Å²) in [5.74, 6) is -0.778. The van der Waals surface area contributed by atoms with Gasteiger partial charge >= 0.3 is 18.2 Å². The average molecular weight is 526 g/mol. The molecule has 1 heterocycles. The van der Waals surface area contributed by atoms with E-state index >= 15 is 0 Å². The summed E-state index contributed by atoms with van der Waals surface area (Å²) in [6.07, 6.45) is -0.600. The summed E-state index contributed by atoms with van der Waals surface area (Å²) in [6.45, 7) is 11.2. The SMILES string of the molecule is CCOP1(=O)CCCCC1(CN(C(=O)OC(C)(C)C)C(=O)OC(C)(C)C)C(=O)OCc1ccccc1. The monoisotopic (exact) mass is 525 g/mol. The third-order valence-electron chi connectivity index (χ3n) is 5.52. The number of nitrogens with zero attached hydrogens (tertiary/aromatic N) is 1. The Bertz CT molecular complexity index is 932. The first-order chi connectivity index (χ1) is 16.6. The summed E-state index contributed by atoms with van der Waals surface area (Å²) in [4.78, 5) is 40.8. The summed E-state index contributed by atoms with van der Waals surface area (Å²) < 4.78 is 36.6. The van der Waals surface area contributed by atoms with Crippen LogP contribution in [0.4, 0.5) is 9.59 Å². The zero-order valence-electron chi connectivity index (χ0n) is 22.5. The molecule has 202 valence electrons. The molecule has 2 atom stereocenters. The van der Waals surface area contributed by atoms with Crippen LogP contribution < -0.4 is 0 Å². The molecule has 1 aliphatic rings. The van der Waals surface area contributed by atoms with E-state index < -0.39 is 48.4 Å². The Hall–Kier alpha value is -2.38. The lowest BCUT2D eigenvalue weighted by Gasteiger charge is -2.43. The Balaban J connectivity index is 2.51. The Morgan fingerprint density at radius 2 is 1.50 bits per heavy atom. The number of hydrogen-bond donors (Lipinski definition) is 0. The molecule has 0 N–H and O–H groups in total. The van der Waals surface area contributed by atoms with Gasteiger partial charge in [0.05, 0.1) is 13.2 Å². The van der Waals surface area contributed by atoms with Crippen LogP contribution in [-0.2, 0) is 34.7 Å². The zero-order valence-corrected chi connectivity index (χ0v) is 23.4. The number of ether oxygens (including phenoxy) is 3. The lowest BCUT2D eigenvalue weighted by Crippen LogP contribution is -2.56. The van der Waals surface area contributed by atoms with E-state index in [0.29, 0.717) is 12.8 Å². The van der Waals surface area contributed by atoms with Gasteiger partial charge in [-0.15, -0.1) is 0 Å².